The lowest BCUT2D eigenvalue weighted by Gasteiger charge is -2.12. The van der Waals surface area contributed by atoms with Crippen LogP contribution in [0.4, 0.5) is 0 Å². The summed E-state index contributed by atoms with van der Waals surface area (Å²) >= 11 is 0. The highest BCUT2D eigenvalue weighted by molar-refractivity contribution is 6.06. The molecule has 1 aliphatic rings. The third-order valence-corrected chi connectivity index (χ3v) is 4.51. The van der Waals surface area contributed by atoms with Crippen LogP contribution in [0.15, 0.2) is 35.1 Å². The van der Waals surface area contributed by atoms with Gasteiger partial charge in [0, 0.05) is 24.9 Å². The van der Waals surface area contributed by atoms with Crippen LogP contribution in [0.1, 0.15) is 57.8 Å². The fraction of sp³-hybridized carbons (Fsp3) is 0.350. The number of carbonyl (C=O) groups is 2. The van der Waals surface area contributed by atoms with E-state index in [1.54, 1.807) is 6.92 Å². The van der Waals surface area contributed by atoms with Crippen molar-refractivity contribution in [2.45, 2.75) is 39.7 Å². The Morgan fingerprint density at radius 2 is 1.80 bits per heavy atom. The van der Waals surface area contributed by atoms with E-state index in [4.69, 9.17) is 4.74 Å². The van der Waals surface area contributed by atoms with Crippen molar-refractivity contribution in [1.82, 2.24) is 4.57 Å². The van der Waals surface area contributed by atoms with Crippen LogP contribution in [0.5, 0.6) is 0 Å². The Kier molecular flexibility index (Phi) is 4.83. The summed E-state index contributed by atoms with van der Waals surface area (Å²) in [6.45, 7) is 4.34. The van der Waals surface area contributed by atoms with Crippen molar-refractivity contribution in [2.24, 2.45) is 0 Å². The van der Waals surface area contributed by atoms with Crippen LogP contribution in [0.3, 0.4) is 0 Å². The number of aryl methyl sites for hydroxylation is 1. The van der Waals surface area contributed by atoms with Crippen LogP contribution < -0.4 is 5.56 Å². The van der Waals surface area contributed by atoms with Gasteiger partial charge in [0.1, 0.15) is 5.69 Å². The van der Waals surface area contributed by atoms with E-state index in [2.05, 4.69) is 6.92 Å². The van der Waals surface area contributed by atoms with Crippen LogP contribution in [0, 0.1) is 0 Å². The highest BCUT2D eigenvalue weighted by Gasteiger charge is 2.29. The SMILES string of the molecule is CCOC(=O)c1cc(Cc2ccc(CC)cc2)c(=O)n2c1C(=O)CC2. The number of pyridine rings is 1. The maximum absolute atomic E-state index is 12.7. The topological polar surface area (TPSA) is 65.4 Å². The van der Waals surface area contributed by atoms with Crippen molar-refractivity contribution >= 4 is 11.8 Å². The van der Waals surface area contributed by atoms with E-state index in [-0.39, 0.29) is 35.6 Å². The van der Waals surface area contributed by atoms with Gasteiger partial charge in [0.15, 0.2) is 5.78 Å². The molecule has 0 bridgehead atoms. The zero-order chi connectivity index (χ0) is 18.0. The maximum Gasteiger partial charge on any atom is 0.340 e. The Morgan fingerprint density at radius 1 is 1.12 bits per heavy atom. The molecular formula is C20H21NO4. The summed E-state index contributed by atoms with van der Waals surface area (Å²) in [6, 6.07) is 9.59. The number of Topliss-reactive ketones (excluding diaryl/α,β-unsaturated/α-hetero) is 1. The smallest absolute Gasteiger partial charge is 0.340 e. The first-order valence-corrected chi connectivity index (χ1v) is 8.60. The number of carbonyl (C=O) groups excluding carboxylic acids is 2. The lowest BCUT2D eigenvalue weighted by molar-refractivity contribution is 0.0522. The van der Waals surface area contributed by atoms with Crippen molar-refractivity contribution in [3.8, 4) is 0 Å². The number of esters is 1. The second kappa shape index (κ2) is 7.05. The van der Waals surface area contributed by atoms with Gasteiger partial charge in [-0.1, -0.05) is 31.2 Å². The quantitative estimate of drug-likeness (QED) is 0.786. The second-order valence-electron chi connectivity index (χ2n) is 6.13. The van der Waals surface area contributed by atoms with Gasteiger partial charge >= 0.3 is 5.97 Å². The highest BCUT2D eigenvalue weighted by Crippen LogP contribution is 2.20. The Balaban J connectivity index is 2.04. The molecule has 0 radical (unpaired) electrons. The Hall–Kier alpha value is -2.69. The number of nitrogens with zero attached hydrogens (tertiary/aromatic N) is 1. The molecule has 0 N–H and O–H groups in total. The van der Waals surface area contributed by atoms with E-state index in [9.17, 15) is 14.4 Å². The number of benzene rings is 1. The molecule has 1 aromatic carbocycles. The molecule has 0 amide bonds. The molecule has 0 fully saturated rings. The predicted molar refractivity (Wildman–Crippen MR) is 94.2 cm³/mol. The molecule has 130 valence electrons. The molecule has 5 nitrogen and oxygen atoms in total. The van der Waals surface area contributed by atoms with Gasteiger partial charge in [-0.2, -0.15) is 0 Å². The van der Waals surface area contributed by atoms with Crippen molar-refractivity contribution in [2.75, 3.05) is 6.61 Å². The largest absolute Gasteiger partial charge is 0.462 e. The number of hydrogen-bond acceptors (Lipinski definition) is 4. The molecule has 5 heteroatoms. The summed E-state index contributed by atoms with van der Waals surface area (Å²) in [4.78, 5) is 37.1. The van der Waals surface area contributed by atoms with Crippen LogP contribution in [0.25, 0.3) is 0 Å². The van der Waals surface area contributed by atoms with Crippen LogP contribution in [0.2, 0.25) is 0 Å². The lowest BCUT2D eigenvalue weighted by Crippen LogP contribution is -2.27. The molecule has 25 heavy (non-hydrogen) atoms. The maximum atomic E-state index is 12.7. The summed E-state index contributed by atoms with van der Waals surface area (Å²) in [5.41, 5.74) is 2.91. The zero-order valence-corrected chi connectivity index (χ0v) is 14.5. The second-order valence-corrected chi connectivity index (χ2v) is 6.13. The summed E-state index contributed by atoms with van der Waals surface area (Å²) in [5.74, 6) is -0.733. The van der Waals surface area contributed by atoms with Crippen LogP contribution in [-0.4, -0.2) is 22.9 Å². The molecule has 1 aliphatic heterocycles. The van der Waals surface area contributed by atoms with Crippen molar-refractivity contribution in [3.63, 3.8) is 0 Å². The Morgan fingerprint density at radius 3 is 2.44 bits per heavy atom. The van der Waals surface area contributed by atoms with E-state index < -0.39 is 5.97 Å². The first kappa shape index (κ1) is 17.1. The average Bonchev–Trinajstić information content (AvgIpc) is 3.00. The van der Waals surface area contributed by atoms with E-state index in [1.165, 1.54) is 16.2 Å². The first-order valence-electron chi connectivity index (χ1n) is 8.60. The minimum absolute atomic E-state index is 0.181. The van der Waals surface area contributed by atoms with Gasteiger partial charge in [-0.25, -0.2) is 4.79 Å². The number of rotatable bonds is 5. The standard InChI is InChI=1S/C20H21NO4/c1-3-13-5-7-14(8-6-13)11-15-12-16(20(24)25-4-2)18-17(22)9-10-21(18)19(15)23/h5-8,12H,3-4,9-11H2,1-2H3. The lowest BCUT2D eigenvalue weighted by atomic mass is 10.0. The molecule has 1 aromatic heterocycles. The van der Waals surface area contributed by atoms with Crippen molar-refractivity contribution < 1.29 is 14.3 Å². The number of fused-ring (bicyclic) bond motifs is 1. The van der Waals surface area contributed by atoms with Crippen LogP contribution >= 0.6 is 0 Å². The molecule has 2 heterocycles. The van der Waals surface area contributed by atoms with E-state index in [0.717, 1.165) is 12.0 Å². The third kappa shape index (κ3) is 3.27. The monoisotopic (exact) mass is 339 g/mol. The van der Waals surface area contributed by atoms with Gasteiger partial charge in [0.05, 0.1) is 12.2 Å². The van der Waals surface area contributed by atoms with Crippen molar-refractivity contribution in [1.29, 1.82) is 0 Å². The normalized spacial score (nSPS) is 13.0. The van der Waals surface area contributed by atoms with Gasteiger partial charge in [-0.05, 0) is 30.5 Å². The van der Waals surface area contributed by atoms with E-state index in [1.807, 2.05) is 24.3 Å². The van der Waals surface area contributed by atoms with E-state index in [0.29, 0.717) is 18.5 Å². The van der Waals surface area contributed by atoms with Crippen molar-refractivity contribution in [3.05, 3.63) is 68.6 Å². The molecule has 0 saturated carbocycles. The molecular weight excluding hydrogens is 318 g/mol. The molecule has 0 saturated heterocycles. The Bertz CT molecular complexity index is 878. The molecule has 0 unspecified atom stereocenters. The molecule has 0 aliphatic carbocycles. The Labute approximate surface area is 146 Å². The van der Waals surface area contributed by atoms with Gasteiger partial charge in [0.25, 0.3) is 5.56 Å². The predicted octanol–water partition coefficient (Wildman–Crippen LogP) is 2.76. The minimum atomic E-state index is -0.552. The van der Waals surface area contributed by atoms with Gasteiger partial charge in [-0.15, -0.1) is 0 Å². The van der Waals surface area contributed by atoms with Gasteiger partial charge in [0.2, 0.25) is 0 Å². The molecule has 0 atom stereocenters. The third-order valence-electron chi connectivity index (χ3n) is 4.51. The number of aromatic nitrogens is 1. The fourth-order valence-corrected chi connectivity index (χ4v) is 3.17. The number of ketones is 1. The van der Waals surface area contributed by atoms with E-state index >= 15 is 0 Å². The highest BCUT2D eigenvalue weighted by atomic mass is 16.5. The molecule has 2 aromatic rings. The number of ether oxygens (including phenoxy) is 1. The molecule has 0 spiro atoms. The average molecular weight is 339 g/mol. The summed E-state index contributed by atoms with van der Waals surface area (Å²) in [6.07, 6.45) is 1.62. The van der Waals surface area contributed by atoms with Gasteiger partial charge < -0.3 is 9.30 Å². The summed E-state index contributed by atoms with van der Waals surface area (Å²) in [5, 5.41) is 0. The zero-order valence-electron chi connectivity index (χ0n) is 14.5. The van der Waals surface area contributed by atoms with Crippen LogP contribution in [-0.2, 0) is 24.1 Å². The summed E-state index contributed by atoms with van der Waals surface area (Å²) in [7, 11) is 0. The summed E-state index contributed by atoms with van der Waals surface area (Å²) < 4.78 is 6.49. The minimum Gasteiger partial charge on any atom is -0.462 e. The number of hydrogen-bond donors (Lipinski definition) is 0. The van der Waals surface area contributed by atoms with Gasteiger partial charge in [-0.3, -0.25) is 9.59 Å². The fourth-order valence-electron chi connectivity index (χ4n) is 3.17. The molecule has 3 rings (SSSR count). The first-order chi connectivity index (χ1) is 12.0.